The third kappa shape index (κ3) is 5.32. The number of fused-ring (bicyclic) bond motifs is 1. The van der Waals surface area contributed by atoms with E-state index in [2.05, 4.69) is 0 Å². The first-order valence-electron chi connectivity index (χ1n) is 14.8. The van der Waals surface area contributed by atoms with Crippen LogP contribution in [0, 0.1) is 17.5 Å². The third-order valence-electron chi connectivity index (χ3n) is 8.15. The number of benzene rings is 4. The second-order valence-electron chi connectivity index (χ2n) is 10.7. The number of anilines is 1. The maximum atomic E-state index is 14.1. The number of hydrogen-bond donors (Lipinski definition) is 0. The van der Waals surface area contributed by atoms with Crippen molar-refractivity contribution in [1.82, 2.24) is 0 Å². The summed E-state index contributed by atoms with van der Waals surface area (Å²) in [4.78, 5) is 21.0. The van der Waals surface area contributed by atoms with E-state index in [1.165, 1.54) is 36.4 Å². The van der Waals surface area contributed by atoms with Crippen molar-refractivity contribution in [3.05, 3.63) is 143 Å². The van der Waals surface area contributed by atoms with E-state index in [0.29, 0.717) is 52.0 Å². The lowest BCUT2D eigenvalue weighted by Crippen LogP contribution is -2.57. The summed E-state index contributed by atoms with van der Waals surface area (Å²) in [6, 6.07) is 25.0. The van der Waals surface area contributed by atoms with E-state index >= 15 is 0 Å². The van der Waals surface area contributed by atoms with Gasteiger partial charge in [-0.25, -0.2) is 18.0 Å². The number of aliphatic imine (C=N–C) groups is 1. The predicted octanol–water partition coefficient (Wildman–Crippen LogP) is 6.48. The smallest absolute Gasteiger partial charge is 0.370 e. The number of hydrogen-bond acceptors (Lipinski definition) is 5. The molecule has 0 bridgehead atoms. The highest BCUT2D eigenvalue weighted by molar-refractivity contribution is 7.10. The Morgan fingerprint density at radius 1 is 0.822 bits per heavy atom. The molecule has 45 heavy (non-hydrogen) atoms. The number of para-hydroxylation sites is 2. The first kappa shape index (κ1) is 30.0. The molecule has 2 aliphatic heterocycles. The van der Waals surface area contributed by atoms with Crippen molar-refractivity contribution < 1.29 is 27.4 Å². The molecular formula is C36H30BF3N2O3. The second-order valence-corrected chi connectivity index (χ2v) is 10.7. The van der Waals surface area contributed by atoms with E-state index < -0.39 is 36.0 Å². The van der Waals surface area contributed by atoms with Gasteiger partial charge in [-0.2, -0.15) is 0 Å². The molecule has 0 saturated carbocycles. The predicted molar refractivity (Wildman–Crippen MR) is 171 cm³/mol. The molecule has 9 heteroatoms. The minimum Gasteiger partial charge on any atom is -0.429 e. The standard InChI is InChI=1S/C36H30BF3N2O3/c1-4-29-30(5-2)36(42(6-3)31-9-7-8-10-32(31)44-36)45-35(43)33(29)41-34(23-11-17-26(38)18-12-23)37(24-13-19-27(39)20-14-24)25-15-21-28(40)22-16-25/h5,7-22H,4,6H2,1-3H3. The van der Waals surface area contributed by atoms with Gasteiger partial charge in [0.1, 0.15) is 23.2 Å². The van der Waals surface area contributed by atoms with Gasteiger partial charge in [0.05, 0.1) is 11.3 Å². The van der Waals surface area contributed by atoms with Crippen molar-refractivity contribution in [3.63, 3.8) is 0 Å². The lowest BCUT2D eigenvalue weighted by Gasteiger charge is -2.41. The SMILES string of the molecule is CC=C1C(CC)=C(N=C(B(c2ccc(F)cc2)c2ccc(F)cc2)c2ccc(F)cc2)C(=O)OC12Oc1ccccc1N2CC. The van der Waals surface area contributed by atoms with E-state index in [9.17, 15) is 18.0 Å². The molecule has 0 aliphatic carbocycles. The van der Waals surface area contributed by atoms with E-state index in [4.69, 9.17) is 14.5 Å². The number of ether oxygens (including phenoxy) is 2. The monoisotopic (exact) mass is 606 g/mol. The fourth-order valence-corrected chi connectivity index (χ4v) is 6.14. The maximum Gasteiger partial charge on any atom is 0.370 e. The van der Waals surface area contributed by atoms with Crippen molar-refractivity contribution in [2.45, 2.75) is 33.1 Å². The average molecular weight is 606 g/mol. The lowest BCUT2D eigenvalue weighted by atomic mass is 9.36. The van der Waals surface area contributed by atoms with Crippen LogP contribution in [0.2, 0.25) is 0 Å². The van der Waals surface area contributed by atoms with E-state index in [-0.39, 0.29) is 5.70 Å². The Morgan fingerprint density at radius 2 is 1.38 bits per heavy atom. The quantitative estimate of drug-likeness (QED) is 0.137. The van der Waals surface area contributed by atoms with E-state index in [1.54, 1.807) is 36.4 Å². The highest BCUT2D eigenvalue weighted by Gasteiger charge is 2.56. The molecule has 0 amide bonds. The molecule has 1 spiro atoms. The zero-order chi connectivity index (χ0) is 31.7. The summed E-state index contributed by atoms with van der Waals surface area (Å²) < 4.78 is 54.9. The molecule has 5 nitrogen and oxygen atoms in total. The van der Waals surface area contributed by atoms with Crippen LogP contribution in [-0.2, 0) is 9.53 Å². The van der Waals surface area contributed by atoms with Gasteiger partial charge in [0.15, 0.2) is 5.70 Å². The summed E-state index contributed by atoms with van der Waals surface area (Å²) in [6.45, 7) is 5.55. The number of esters is 1. The van der Waals surface area contributed by atoms with Gasteiger partial charge < -0.3 is 9.47 Å². The van der Waals surface area contributed by atoms with Crippen LogP contribution in [0.4, 0.5) is 18.9 Å². The highest BCUT2D eigenvalue weighted by atomic mass is 19.1. The lowest BCUT2D eigenvalue weighted by molar-refractivity contribution is -0.179. The van der Waals surface area contributed by atoms with Gasteiger partial charge in [0, 0.05) is 12.2 Å². The Hall–Kier alpha value is -5.05. The molecule has 1 unspecified atom stereocenters. The number of likely N-dealkylation sites (N-methyl/N-ethyl adjacent to an activating group) is 1. The molecule has 4 aromatic rings. The average Bonchev–Trinajstić information content (AvgIpc) is 3.36. The van der Waals surface area contributed by atoms with Crippen molar-refractivity contribution in [2.24, 2.45) is 4.99 Å². The summed E-state index contributed by atoms with van der Waals surface area (Å²) in [5, 5.41) is 0. The number of allylic oxidation sites excluding steroid dienone is 1. The van der Waals surface area contributed by atoms with Crippen LogP contribution in [0.1, 0.15) is 32.8 Å². The topological polar surface area (TPSA) is 51.1 Å². The second kappa shape index (κ2) is 12.2. The van der Waals surface area contributed by atoms with Gasteiger partial charge in [0.25, 0.3) is 6.71 Å². The summed E-state index contributed by atoms with van der Waals surface area (Å²) in [6.07, 6.45) is 2.28. The van der Waals surface area contributed by atoms with Gasteiger partial charge in [0.2, 0.25) is 0 Å². The van der Waals surface area contributed by atoms with Crippen molar-refractivity contribution in [3.8, 4) is 5.75 Å². The van der Waals surface area contributed by atoms with Crippen LogP contribution < -0.4 is 20.6 Å². The molecule has 0 saturated heterocycles. The number of rotatable bonds is 7. The molecular weight excluding hydrogens is 576 g/mol. The molecule has 2 heterocycles. The van der Waals surface area contributed by atoms with Crippen molar-refractivity contribution >= 4 is 34.9 Å². The number of nitrogens with zero attached hydrogens (tertiary/aromatic N) is 2. The first-order chi connectivity index (χ1) is 21.8. The third-order valence-corrected chi connectivity index (χ3v) is 8.15. The Balaban J connectivity index is 1.59. The van der Waals surface area contributed by atoms with Gasteiger partial charge in [-0.1, -0.05) is 72.5 Å². The van der Waals surface area contributed by atoms with Gasteiger partial charge >= 0.3 is 11.9 Å². The molecule has 4 aromatic carbocycles. The maximum absolute atomic E-state index is 14.1. The summed E-state index contributed by atoms with van der Waals surface area (Å²) in [7, 11) is 0. The Labute approximate surface area is 260 Å². The Morgan fingerprint density at radius 3 is 1.91 bits per heavy atom. The zero-order valence-corrected chi connectivity index (χ0v) is 25.1. The van der Waals surface area contributed by atoms with Crippen LogP contribution in [0.15, 0.2) is 125 Å². The zero-order valence-electron chi connectivity index (χ0n) is 25.1. The van der Waals surface area contributed by atoms with E-state index in [1.807, 2.05) is 56.0 Å². The fraction of sp³-hybridized carbons (Fsp3) is 0.167. The molecule has 2 aliphatic rings. The van der Waals surface area contributed by atoms with Gasteiger partial charge in [-0.05, 0) is 79.9 Å². The number of carbonyl (C=O) groups excluding carboxylic acids is 1. The Kier molecular flexibility index (Phi) is 8.10. The fourth-order valence-electron chi connectivity index (χ4n) is 6.14. The van der Waals surface area contributed by atoms with E-state index in [0.717, 1.165) is 5.69 Å². The van der Waals surface area contributed by atoms with Crippen LogP contribution in [0.3, 0.4) is 0 Å². The minimum absolute atomic E-state index is 0.0698. The summed E-state index contributed by atoms with van der Waals surface area (Å²) >= 11 is 0. The molecule has 226 valence electrons. The minimum atomic E-state index is -1.52. The first-order valence-corrected chi connectivity index (χ1v) is 14.8. The summed E-state index contributed by atoms with van der Waals surface area (Å²) in [5.41, 5.74) is 4.31. The van der Waals surface area contributed by atoms with Crippen LogP contribution in [-0.4, -0.2) is 30.7 Å². The molecule has 6 rings (SSSR count). The van der Waals surface area contributed by atoms with Crippen LogP contribution in [0.5, 0.6) is 5.75 Å². The largest absolute Gasteiger partial charge is 0.429 e. The van der Waals surface area contributed by atoms with Crippen LogP contribution >= 0.6 is 0 Å². The van der Waals surface area contributed by atoms with Crippen molar-refractivity contribution in [2.75, 3.05) is 11.4 Å². The Bertz CT molecular complexity index is 1790. The number of carbonyl (C=O) groups is 1. The summed E-state index contributed by atoms with van der Waals surface area (Å²) in [5.74, 6) is -2.92. The number of halogens is 3. The molecule has 0 aromatic heterocycles. The normalized spacial score (nSPS) is 18.7. The van der Waals surface area contributed by atoms with Crippen molar-refractivity contribution in [1.29, 1.82) is 0 Å². The highest BCUT2D eigenvalue weighted by Crippen LogP contribution is 2.50. The molecule has 0 N–H and O–H groups in total. The van der Waals surface area contributed by atoms with Gasteiger partial charge in [-0.15, -0.1) is 0 Å². The van der Waals surface area contributed by atoms with Crippen LogP contribution in [0.25, 0.3) is 0 Å². The van der Waals surface area contributed by atoms with Gasteiger partial charge in [-0.3, -0.25) is 9.89 Å². The molecule has 1 atom stereocenters. The molecule has 0 radical (unpaired) electrons. The molecule has 0 fully saturated rings.